The van der Waals surface area contributed by atoms with Gasteiger partial charge in [-0.05, 0) is 36.8 Å². The zero-order valence-electron chi connectivity index (χ0n) is 14.5. The summed E-state index contributed by atoms with van der Waals surface area (Å²) in [6, 6.07) is 15.8. The molecule has 1 amide bonds. The second-order valence-corrected chi connectivity index (χ2v) is 6.80. The SMILES string of the molecule is CC(NC(=O)CSc1nnc(-c2ccc(F)cc2)n1C)c1ccccc1. The van der Waals surface area contributed by atoms with E-state index in [-0.39, 0.29) is 23.5 Å². The van der Waals surface area contributed by atoms with Crippen LogP contribution in [0.4, 0.5) is 4.39 Å². The molecule has 134 valence electrons. The van der Waals surface area contributed by atoms with E-state index in [1.54, 1.807) is 16.7 Å². The van der Waals surface area contributed by atoms with Crippen LogP contribution in [0.5, 0.6) is 0 Å². The molecule has 0 radical (unpaired) electrons. The number of benzene rings is 2. The summed E-state index contributed by atoms with van der Waals surface area (Å²) < 4.78 is 14.9. The van der Waals surface area contributed by atoms with E-state index in [0.29, 0.717) is 11.0 Å². The maximum Gasteiger partial charge on any atom is 0.230 e. The molecular formula is C19H19FN4OS. The van der Waals surface area contributed by atoms with Gasteiger partial charge in [-0.3, -0.25) is 4.79 Å². The molecule has 0 aliphatic carbocycles. The summed E-state index contributed by atoms with van der Waals surface area (Å²) in [6.07, 6.45) is 0. The van der Waals surface area contributed by atoms with Gasteiger partial charge in [-0.15, -0.1) is 10.2 Å². The third-order valence-corrected chi connectivity index (χ3v) is 4.97. The Bertz CT molecular complexity index is 880. The van der Waals surface area contributed by atoms with Crippen LogP contribution in [0.1, 0.15) is 18.5 Å². The number of carbonyl (C=O) groups is 1. The molecule has 26 heavy (non-hydrogen) atoms. The van der Waals surface area contributed by atoms with Crippen LogP contribution >= 0.6 is 11.8 Å². The minimum atomic E-state index is -0.297. The fourth-order valence-electron chi connectivity index (χ4n) is 2.53. The van der Waals surface area contributed by atoms with Crippen LogP contribution in [-0.4, -0.2) is 26.4 Å². The number of nitrogens with one attached hydrogen (secondary N) is 1. The van der Waals surface area contributed by atoms with Crippen molar-refractivity contribution in [3.63, 3.8) is 0 Å². The summed E-state index contributed by atoms with van der Waals surface area (Å²) >= 11 is 1.31. The van der Waals surface area contributed by atoms with Crippen molar-refractivity contribution in [1.29, 1.82) is 0 Å². The summed E-state index contributed by atoms with van der Waals surface area (Å²) in [5.74, 6) is 0.505. The van der Waals surface area contributed by atoms with E-state index in [1.165, 1.54) is 23.9 Å². The van der Waals surface area contributed by atoms with E-state index in [9.17, 15) is 9.18 Å². The summed E-state index contributed by atoms with van der Waals surface area (Å²) in [4.78, 5) is 12.2. The van der Waals surface area contributed by atoms with Crippen LogP contribution in [0, 0.1) is 5.82 Å². The zero-order valence-corrected chi connectivity index (χ0v) is 15.3. The van der Waals surface area contributed by atoms with Crippen LogP contribution in [0.15, 0.2) is 59.8 Å². The van der Waals surface area contributed by atoms with Gasteiger partial charge in [0.1, 0.15) is 5.82 Å². The fraction of sp³-hybridized carbons (Fsp3) is 0.211. The Balaban J connectivity index is 1.60. The van der Waals surface area contributed by atoms with E-state index in [1.807, 2.05) is 44.3 Å². The number of halogens is 1. The summed E-state index contributed by atoms with van der Waals surface area (Å²) in [6.45, 7) is 1.95. The smallest absolute Gasteiger partial charge is 0.230 e. The molecule has 1 aromatic heterocycles. The average Bonchev–Trinajstić information content (AvgIpc) is 3.02. The molecule has 0 saturated heterocycles. The number of hydrogen-bond donors (Lipinski definition) is 1. The van der Waals surface area contributed by atoms with Gasteiger partial charge in [-0.2, -0.15) is 0 Å². The van der Waals surface area contributed by atoms with Crippen molar-refractivity contribution < 1.29 is 9.18 Å². The molecule has 0 fully saturated rings. The lowest BCUT2D eigenvalue weighted by molar-refractivity contribution is -0.119. The quantitative estimate of drug-likeness (QED) is 0.674. The number of aromatic nitrogens is 3. The normalized spacial score (nSPS) is 12.0. The molecule has 3 aromatic rings. The molecule has 1 unspecified atom stereocenters. The van der Waals surface area contributed by atoms with Gasteiger partial charge in [0.2, 0.25) is 5.91 Å². The first-order valence-electron chi connectivity index (χ1n) is 8.17. The molecule has 1 N–H and O–H groups in total. The first-order chi connectivity index (χ1) is 12.5. The molecule has 1 atom stereocenters. The Hall–Kier alpha value is -2.67. The standard InChI is InChI=1S/C19H19FN4OS/c1-13(14-6-4-3-5-7-14)21-17(25)12-26-19-23-22-18(24(19)2)15-8-10-16(20)11-9-15/h3-11,13H,12H2,1-2H3,(H,21,25). The van der Waals surface area contributed by atoms with Gasteiger partial charge >= 0.3 is 0 Å². The molecule has 2 aromatic carbocycles. The van der Waals surface area contributed by atoms with Crippen molar-refractivity contribution in [1.82, 2.24) is 20.1 Å². The van der Waals surface area contributed by atoms with Gasteiger partial charge in [0.15, 0.2) is 11.0 Å². The van der Waals surface area contributed by atoms with E-state index in [2.05, 4.69) is 15.5 Å². The molecule has 0 saturated carbocycles. The molecule has 1 heterocycles. The lowest BCUT2D eigenvalue weighted by Gasteiger charge is -2.13. The second-order valence-electron chi connectivity index (χ2n) is 5.86. The number of amides is 1. The van der Waals surface area contributed by atoms with Crippen molar-refractivity contribution in [2.75, 3.05) is 5.75 Å². The highest BCUT2D eigenvalue weighted by atomic mass is 32.2. The number of nitrogens with zero attached hydrogens (tertiary/aromatic N) is 3. The highest BCUT2D eigenvalue weighted by Gasteiger charge is 2.14. The highest BCUT2D eigenvalue weighted by molar-refractivity contribution is 7.99. The number of rotatable bonds is 6. The molecule has 0 bridgehead atoms. The summed E-state index contributed by atoms with van der Waals surface area (Å²) in [5.41, 5.74) is 1.83. The van der Waals surface area contributed by atoms with Crippen molar-refractivity contribution in [3.8, 4) is 11.4 Å². The Labute approximate surface area is 155 Å². The van der Waals surface area contributed by atoms with Crippen molar-refractivity contribution in [2.24, 2.45) is 7.05 Å². The summed E-state index contributed by atoms with van der Waals surface area (Å²) in [7, 11) is 1.82. The Morgan fingerprint density at radius 1 is 1.15 bits per heavy atom. The van der Waals surface area contributed by atoms with Crippen LogP contribution in [0.3, 0.4) is 0 Å². The van der Waals surface area contributed by atoms with Gasteiger partial charge in [-0.25, -0.2) is 4.39 Å². The largest absolute Gasteiger partial charge is 0.349 e. The Morgan fingerprint density at radius 2 is 1.85 bits per heavy atom. The molecule has 0 aliphatic rings. The minimum Gasteiger partial charge on any atom is -0.349 e. The number of carbonyl (C=O) groups excluding carboxylic acids is 1. The molecule has 5 nitrogen and oxygen atoms in total. The number of thioether (sulfide) groups is 1. The Morgan fingerprint density at radius 3 is 2.54 bits per heavy atom. The summed E-state index contributed by atoms with van der Waals surface area (Å²) in [5, 5.41) is 11.9. The molecule has 0 aliphatic heterocycles. The van der Waals surface area contributed by atoms with Crippen molar-refractivity contribution in [3.05, 3.63) is 66.0 Å². The van der Waals surface area contributed by atoms with E-state index in [4.69, 9.17) is 0 Å². The van der Waals surface area contributed by atoms with E-state index >= 15 is 0 Å². The monoisotopic (exact) mass is 370 g/mol. The maximum atomic E-state index is 13.1. The van der Waals surface area contributed by atoms with Gasteiger partial charge in [0.25, 0.3) is 0 Å². The number of hydrogen-bond acceptors (Lipinski definition) is 4. The predicted octanol–water partition coefficient (Wildman–Crippen LogP) is 3.59. The third kappa shape index (κ3) is 4.29. The fourth-order valence-corrected chi connectivity index (χ4v) is 3.25. The van der Waals surface area contributed by atoms with E-state index in [0.717, 1.165) is 11.1 Å². The lowest BCUT2D eigenvalue weighted by Crippen LogP contribution is -2.28. The van der Waals surface area contributed by atoms with Crippen molar-refractivity contribution in [2.45, 2.75) is 18.1 Å². The van der Waals surface area contributed by atoms with Crippen molar-refractivity contribution >= 4 is 17.7 Å². The lowest BCUT2D eigenvalue weighted by atomic mass is 10.1. The predicted molar refractivity (Wildman–Crippen MR) is 100 cm³/mol. The first kappa shape index (κ1) is 18.1. The third-order valence-electron chi connectivity index (χ3n) is 3.95. The van der Waals surface area contributed by atoms with E-state index < -0.39 is 0 Å². The zero-order chi connectivity index (χ0) is 18.5. The molecule has 7 heteroatoms. The maximum absolute atomic E-state index is 13.1. The molecule has 3 rings (SSSR count). The molecular weight excluding hydrogens is 351 g/mol. The first-order valence-corrected chi connectivity index (χ1v) is 9.15. The highest BCUT2D eigenvalue weighted by Crippen LogP contribution is 2.23. The molecule has 0 spiro atoms. The van der Waals surface area contributed by atoms with Crippen LogP contribution in [0.25, 0.3) is 11.4 Å². The van der Waals surface area contributed by atoms with Gasteiger partial charge in [0, 0.05) is 12.6 Å². The second kappa shape index (κ2) is 8.14. The Kier molecular flexibility index (Phi) is 5.68. The van der Waals surface area contributed by atoms with Gasteiger partial charge in [0.05, 0.1) is 11.8 Å². The topological polar surface area (TPSA) is 59.8 Å². The van der Waals surface area contributed by atoms with Gasteiger partial charge in [-0.1, -0.05) is 42.1 Å². The van der Waals surface area contributed by atoms with Gasteiger partial charge < -0.3 is 9.88 Å². The van der Waals surface area contributed by atoms with Crippen LogP contribution in [-0.2, 0) is 11.8 Å². The van der Waals surface area contributed by atoms with Crippen LogP contribution in [0.2, 0.25) is 0 Å². The average molecular weight is 370 g/mol. The minimum absolute atomic E-state index is 0.0569. The van der Waals surface area contributed by atoms with Crippen LogP contribution < -0.4 is 5.32 Å².